The Labute approximate surface area is 189 Å². The normalized spacial score (nSPS) is 11.2. The molecule has 7 nitrogen and oxygen atoms in total. The molecule has 7 heteroatoms. The Morgan fingerprint density at radius 3 is 2.28 bits per heavy atom. The number of benzene rings is 2. The molecule has 3 aromatic rings. The van der Waals surface area contributed by atoms with Crippen molar-refractivity contribution in [2.45, 2.75) is 33.1 Å². The number of methoxy groups -OCH3 is 1. The number of nitrogens with one attached hydrogen (secondary N) is 1. The van der Waals surface area contributed by atoms with Gasteiger partial charge in [-0.1, -0.05) is 39.0 Å². The summed E-state index contributed by atoms with van der Waals surface area (Å²) in [5.74, 6) is 0.822. The van der Waals surface area contributed by atoms with Crippen molar-refractivity contribution < 1.29 is 14.3 Å². The van der Waals surface area contributed by atoms with E-state index in [1.54, 1.807) is 23.9 Å². The molecule has 2 amide bonds. The van der Waals surface area contributed by atoms with Gasteiger partial charge < -0.3 is 15.0 Å². The molecule has 0 aliphatic carbocycles. The highest BCUT2D eigenvalue weighted by Gasteiger charge is 2.23. The molecule has 32 heavy (non-hydrogen) atoms. The molecule has 1 N–H and O–H groups in total. The van der Waals surface area contributed by atoms with Crippen LogP contribution in [0.2, 0.25) is 0 Å². The second kappa shape index (κ2) is 9.68. The Kier molecular flexibility index (Phi) is 6.98. The Bertz CT molecular complexity index is 1070. The number of hydrogen-bond donors (Lipinski definition) is 1. The van der Waals surface area contributed by atoms with E-state index in [-0.39, 0.29) is 23.8 Å². The monoisotopic (exact) mass is 434 g/mol. The van der Waals surface area contributed by atoms with Gasteiger partial charge in [-0.15, -0.1) is 0 Å². The first-order valence-corrected chi connectivity index (χ1v) is 10.6. The van der Waals surface area contributed by atoms with Gasteiger partial charge in [-0.3, -0.25) is 9.59 Å². The third-order valence-corrected chi connectivity index (χ3v) is 5.09. The quantitative estimate of drug-likeness (QED) is 0.602. The number of amides is 2. The van der Waals surface area contributed by atoms with Crippen molar-refractivity contribution in [1.29, 1.82) is 0 Å². The number of likely N-dealkylation sites (N-methyl/N-ethyl adjacent to an activating group) is 1. The minimum atomic E-state index is -0.286. The first-order valence-electron chi connectivity index (χ1n) is 10.6. The maximum Gasteiger partial charge on any atom is 0.254 e. The zero-order valence-corrected chi connectivity index (χ0v) is 19.3. The van der Waals surface area contributed by atoms with E-state index < -0.39 is 0 Å². The highest BCUT2D eigenvalue weighted by atomic mass is 16.5. The first kappa shape index (κ1) is 23.1. The van der Waals surface area contributed by atoms with Gasteiger partial charge in [0.2, 0.25) is 5.91 Å². The predicted molar refractivity (Wildman–Crippen MR) is 125 cm³/mol. The van der Waals surface area contributed by atoms with Gasteiger partial charge in [0, 0.05) is 23.6 Å². The minimum Gasteiger partial charge on any atom is -0.497 e. The SMILES string of the molecule is CCN(CC(=O)Nc1cc(C(C)(C)C)nn1-c1ccc(OC)cc1)C(=O)c1ccccc1. The standard InChI is InChI=1S/C25H30N4O3/c1-6-28(24(31)18-10-8-7-9-11-18)17-23(30)26-22-16-21(25(2,3)4)27-29(22)19-12-14-20(32-5)15-13-19/h7-16H,6,17H2,1-5H3,(H,26,30). The van der Waals surface area contributed by atoms with Crippen LogP contribution in [0.25, 0.3) is 5.69 Å². The molecular formula is C25H30N4O3. The van der Waals surface area contributed by atoms with E-state index in [0.29, 0.717) is 17.9 Å². The van der Waals surface area contributed by atoms with Gasteiger partial charge in [0.15, 0.2) is 0 Å². The molecule has 0 atom stereocenters. The van der Waals surface area contributed by atoms with Gasteiger partial charge in [0.25, 0.3) is 5.91 Å². The summed E-state index contributed by atoms with van der Waals surface area (Å²) in [4.78, 5) is 27.2. The van der Waals surface area contributed by atoms with Crippen LogP contribution >= 0.6 is 0 Å². The van der Waals surface area contributed by atoms with Crippen molar-refractivity contribution in [1.82, 2.24) is 14.7 Å². The number of hydrogen-bond acceptors (Lipinski definition) is 4. The Morgan fingerprint density at radius 2 is 1.72 bits per heavy atom. The lowest BCUT2D eigenvalue weighted by Gasteiger charge is -2.20. The summed E-state index contributed by atoms with van der Waals surface area (Å²) < 4.78 is 6.94. The zero-order valence-electron chi connectivity index (χ0n) is 19.3. The lowest BCUT2D eigenvalue weighted by Crippen LogP contribution is -2.38. The average Bonchev–Trinajstić information content (AvgIpc) is 3.22. The summed E-state index contributed by atoms with van der Waals surface area (Å²) >= 11 is 0. The maximum absolute atomic E-state index is 12.9. The van der Waals surface area contributed by atoms with E-state index in [1.807, 2.05) is 55.5 Å². The van der Waals surface area contributed by atoms with Crippen LogP contribution in [0.3, 0.4) is 0 Å². The molecule has 0 saturated heterocycles. The second-order valence-electron chi connectivity index (χ2n) is 8.51. The molecular weight excluding hydrogens is 404 g/mol. The molecule has 1 aromatic heterocycles. The smallest absolute Gasteiger partial charge is 0.254 e. The highest BCUT2D eigenvalue weighted by molar-refractivity contribution is 5.99. The van der Waals surface area contributed by atoms with Crippen molar-refractivity contribution in [2.24, 2.45) is 0 Å². The zero-order chi connectivity index (χ0) is 23.3. The summed E-state index contributed by atoms with van der Waals surface area (Å²) in [5.41, 5.74) is 2.00. The van der Waals surface area contributed by atoms with Gasteiger partial charge in [0.05, 0.1) is 18.5 Å². The van der Waals surface area contributed by atoms with Gasteiger partial charge in [-0.25, -0.2) is 4.68 Å². The van der Waals surface area contributed by atoms with Crippen LogP contribution < -0.4 is 10.1 Å². The van der Waals surface area contributed by atoms with E-state index in [2.05, 4.69) is 26.1 Å². The van der Waals surface area contributed by atoms with Crippen molar-refractivity contribution in [3.05, 3.63) is 71.9 Å². The van der Waals surface area contributed by atoms with Crippen LogP contribution in [0, 0.1) is 0 Å². The summed E-state index contributed by atoms with van der Waals surface area (Å²) in [5, 5.41) is 7.66. The molecule has 168 valence electrons. The molecule has 2 aromatic carbocycles. The molecule has 0 aliphatic heterocycles. The molecule has 0 radical (unpaired) electrons. The van der Waals surface area contributed by atoms with Crippen molar-refractivity contribution >= 4 is 17.6 Å². The summed E-state index contributed by atoms with van der Waals surface area (Å²) in [6.45, 7) is 8.42. The number of aromatic nitrogens is 2. The number of anilines is 1. The molecule has 0 aliphatic rings. The topological polar surface area (TPSA) is 76.5 Å². The Hall–Kier alpha value is -3.61. The second-order valence-corrected chi connectivity index (χ2v) is 8.51. The summed E-state index contributed by atoms with van der Waals surface area (Å²) in [7, 11) is 1.61. The van der Waals surface area contributed by atoms with Gasteiger partial charge in [-0.05, 0) is 43.3 Å². The lowest BCUT2D eigenvalue weighted by atomic mass is 9.92. The van der Waals surface area contributed by atoms with Crippen molar-refractivity contribution in [3.8, 4) is 11.4 Å². The van der Waals surface area contributed by atoms with E-state index in [9.17, 15) is 9.59 Å². The molecule has 1 heterocycles. The molecule has 0 unspecified atom stereocenters. The third kappa shape index (κ3) is 5.35. The fraction of sp³-hybridized carbons (Fsp3) is 0.320. The lowest BCUT2D eigenvalue weighted by molar-refractivity contribution is -0.116. The van der Waals surface area contributed by atoms with Crippen molar-refractivity contribution in [2.75, 3.05) is 25.5 Å². The number of nitrogens with zero attached hydrogens (tertiary/aromatic N) is 3. The fourth-order valence-electron chi connectivity index (χ4n) is 3.20. The molecule has 0 bridgehead atoms. The fourth-order valence-corrected chi connectivity index (χ4v) is 3.20. The van der Waals surface area contributed by atoms with E-state index in [0.717, 1.165) is 17.1 Å². The van der Waals surface area contributed by atoms with E-state index >= 15 is 0 Å². The summed E-state index contributed by atoms with van der Waals surface area (Å²) in [6, 6.07) is 18.3. The largest absolute Gasteiger partial charge is 0.497 e. The highest BCUT2D eigenvalue weighted by Crippen LogP contribution is 2.27. The van der Waals surface area contributed by atoms with Crippen molar-refractivity contribution in [3.63, 3.8) is 0 Å². The van der Waals surface area contributed by atoms with Crippen LogP contribution in [-0.2, 0) is 10.2 Å². The molecule has 0 fully saturated rings. The predicted octanol–water partition coefficient (Wildman–Crippen LogP) is 4.28. The third-order valence-electron chi connectivity index (χ3n) is 5.09. The van der Waals surface area contributed by atoms with Crippen LogP contribution in [0.15, 0.2) is 60.7 Å². The molecule has 0 spiro atoms. The Balaban J connectivity index is 1.84. The van der Waals surface area contributed by atoms with Gasteiger partial charge in [-0.2, -0.15) is 5.10 Å². The first-order chi connectivity index (χ1) is 15.2. The number of rotatable bonds is 7. The maximum atomic E-state index is 12.9. The van der Waals surface area contributed by atoms with Crippen LogP contribution in [0.4, 0.5) is 5.82 Å². The van der Waals surface area contributed by atoms with Crippen LogP contribution in [0.1, 0.15) is 43.7 Å². The number of carbonyl (C=O) groups excluding carboxylic acids is 2. The Morgan fingerprint density at radius 1 is 1.06 bits per heavy atom. The van der Waals surface area contributed by atoms with Gasteiger partial charge >= 0.3 is 0 Å². The summed E-state index contributed by atoms with van der Waals surface area (Å²) in [6.07, 6.45) is 0. The average molecular weight is 435 g/mol. The molecule has 3 rings (SSSR count). The van der Waals surface area contributed by atoms with Crippen LogP contribution in [0.5, 0.6) is 5.75 Å². The van der Waals surface area contributed by atoms with Crippen LogP contribution in [-0.4, -0.2) is 46.7 Å². The molecule has 0 saturated carbocycles. The van der Waals surface area contributed by atoms with E-state index in [4.69, 9.17) is 9.84 Å². The number of ether oxygens (including phenoxy) is 1. The van der Waals surface area contributed by atoms with E-state index in [1.165, 1.54) is 4.90 Å². The number of carbonyl (C=O) groups is 2. The minimum absolute atomic E-state index is 0.0527. The van der Waals surface area contributed by atoms with Gasteiger partial charge in [0.1, 0.15) is 18.1 Å².